The Labute approximate surface area is 175 Å². The molecule has 2 aliphatic rings. The van der Waals surface area contributed by atoms with E-state index in [0.29, 0.717) is 45.0 Å². The molecule has 4 rings (SSSR count). The van der Waals surface area contributed by atoms with Crippen molar-refractivity contribution in [2.45, 2.75) is 31.6 Å². The van der Waals surface area contributed by atoms with Gasteiger partial charge in [0.25, 0.3) is 0 Å². The predicted molar refractivity (Wildman–Crippen MR) is 110 cm³/mol. The smallest absolute Gasteiger partial charge is 0.222 e. The van der Waals surface area contributed by atoms with Crippen LogP contribution in [-0.2, 0) is 11.3 Å². The van der Waals surface area contributed by atoms with Crippen LogP contribution in [0.15, 0.2) is 48.5 Å². The van der Waals surface area contributed by atoms with Crippen LogP contribution in [0.3, 0.4) is 0 Å². The van der Waals surface area contributed by atoms with Crippen LogP contribution >= 0.6 is 0 Å². The van der Waals surface area contributed by atoms with E-state index in [0.717, 1.165) is 24.3 Å². The first-order valence-corrected chi connectivity index (χ1v) is 10.4. The van der Waals surface area contributed by atoms with Gasteiger partial charge in [0.15, 0.2) is 0 Å². The molecule has 2 aromatic carbocycles. The molecule has 0 unspecified atom stereocenters. The van der Waals surface area contributed by atoms with Crippen molar-refractivity contribution < 1.29 is 23.8 Å². The molecule has 7 heteroatoms. The van der Waals surface area contributed by atoms with Gasteiger partial charge in [0, 0.05) is 38.7 Å². The standard InChI is InChI=1S/C23H27FN2O4/c24-18-3-1-4-20(13-18)30-22-16-25(15-21(22)27)14-17-6-8-19(9-7-17)29-12-11-26-10-2-5-23(26)28/h1,3-4,6-9,13,21-22,27H,2,5,10-12,14-16H2/t21-,22-/m0/s1. The Kier molecular flexibility index (Phi) is 6.50. The van der Waals surface area contributed by atoms with E-state index in [1.165, 1.54) is 12.1 Å². The molecular weight excluding hydrogens is 387 g/mol. The molecular formula is C23H27FN2O4. The number of hydrogen-bond acceptors (Lipinski definition) is 5. The number of hydrogen-bond donors (Lipinski definition) is 1. The quantitative estimate of drug-likeness (QED) is 0.719. The second kappa shape index (κ2) is 9.45. The summed E-state index contributed by atoms with van der Waals surface area (Å²) in [5, 5.41) is 10.3. The molecule has 0 bridgehead atoms. The zero-order valence-electron chi connectivity index (χ0n) is 16.9. The van der Waals surface area contributed by atoms with Gasteiger partial charge in [0.05, 0.1) is 6.54 Å². The van der Waals surface area contributed by atoms with Crippen LogP contribution in [0.1, 0.15) is 18.4 Å². The fraction of sp³-hybridized carbons (Fsp3) is 0.435. The lowest BCUT2D eigenvalue weighted by Gasteiger charge is -2.18. The summed E-state index contributed by atoms with van der Waals surface area (Å²) in [7, 11) is 0. The first-order chi connectivity index (χ1) is 14.6. The van der Waals surface area contributed by atoms with Crippen LogP contribution in [-0.4, -0.2) is 65.8 Å². The highest BCUT2D eigenvalue weighted by molar-refractivity contribution is 5.78. The largest absolute Gasteiger partial charge is 0.492 e. The Hall–Kier alpha value is -2.64. The van der Waals surface area contributed by atoms with Gasteiger partial charge in [0.1, 0.15) is 36.1 Å². The summed E-state index contributed by atoms with van der Waals surface area (Å²) in [6.07, 6.45) is 0.577. The van der Waals surface area contributed by atoms with Crippen LogP contribution < -0.4 is 9.47 Å². The lowest BCUT2D eigenvalue weighted by Crippen LogP contribution is -2.29. The number of carbonyl (C=O) groups is 1. The average molecular weight is 414 g/mol. The van der Waals surface area contributed by atoms with E-state index in [9.17, 15) is 14.3 Å². The molecule has 2 heterocycles. The summed E-state index contributed by atoms with van der Waals surface area (Å²) in [6.45, 7) is 3.69. The SMILES string of the molecule is O=C1CCCN1CCOc1ccc(CN2C[C@H](Oc3cccc(F)c3)[C@@H](O)C2)cc1. The minimum Gasteiger partial charge on any atom is -0.492 e. The normalized spacial score (nSPS) is 21.9. The zero-order valence-corrected chi connectivity index (χ0v) is 16.9. The van der Waals surface area contributed by atoms with Gasteiger partial charge in [-0.1, -0.05) is 18.2 Å². The number of benzene rings is 2. The van der Waals surface area contributed by atoms with Crippen LogP contribution in [0.4, 0.5) is 4.39 Å². The first kappa shape index (κ1) is 20.6. The van der Waals surface area contributed by atoms with Gasteiger partial charge in [-0.3, -0.25) is 9.69 Å². The Bertz CT molecular complexity index is 861. The third-order valence-electron chi connectivity index (χ3n) is 5.53. The van der Waals surface area contributed by atoms with Crippen LogP contribution in [0.5, 0.6) is 11.5 Å². The summed E-state index contributed by atoms with van der Waals surface area (Å²) < 4.78 is 24.9. The number of rotatable bonds is 8. The number of likely N-dealkylation sites (tertiary alicyclic amines) is 2. The highest BCUT2D eigenvalue weighted by Crippen LogP contribution is 2.22. The number of β-amino-alcohol motifs (C(OH)–C–C–N with tert-alkyl or cyclic N) is 1. The van der Waals surface area contributed by atoms with Crippen molar-refractivity contribution in [2.24, 2.45) is 0 Å². The second-order valence-corrected chi connectivity index (χ2v) is 7.85. The Morgan fingerprint density at radius 2 is 1.93 bits per heavy atom. The van der Waals surface area contributed by atoms with Crippen molar-refractivity contribution in [3.05, 3.63) is 59.9 Å². The molecule has 30 heavy (non-hydrogen) atoms. The predicted octanol–water partition coefficient (Wildman–Crippen LogP) is 2.45. The Balaban J connectivity index is 1.23. The number of amides is 1. The van der Waals surface area contributed by atoms with Crippen molar-refractivity contribution in [2.75, 3.05) is 32.8 Å². The highest BCUT2D eigenvalue weighted by Gasteiger charge is 2.33. The first-order valence-electron chi connectivity index (χ1n) is 10.4. The van der Waals surface area contributed by atoms with Crippen LogP contribution in [0.2, 0.25) is 0 Å². The maximum absolute atomic E-state index is 13.3. The van der Waals surface area contributed by atoms with Crippen LogP contribution in [0.25, 0.3) is 0 Å². The lowest BCUT2D eigenvalue weighted by atomic mass is 10.2. The number of carbonyl (C=O) groups excluding carboxylic acids is 1. The summed E-state index contributed by atoms with van der Waals surface area (Å²) in [6, 6.07) is 13.8. The monoisotopic (exact) mass is 414 g/mol. The molecule has 2 aromatic rings. The number of halogens is 1. The molecule has 1 amide bonds. The molecule has 160 valence electrons. The van der Waals surface area contributed by atoms with E-state index >= 15 is 0 Å². The van der Waals surface area contributed by atoms with Gasteiger partial charge < -0.3 is 19.5 Å². The number of nitrogens with zero attached hydrogens (tertiary/aromatic N) is 2. The van der Waals surface area contributed by atoms with Crippen molar-refractivity contribution in [3.63, 3.8) is 0 Å². The molecule has 0 aliphatic carbocycles. The fourth-order valence-electron chi connectivity index (χ4n) is 3.96. The molecule has 0 saturated carbocycles. The summed E-state index contributed by atoms with van der Waals surface area (Å²) in [4.78, 5) is 15.6. The molecule has 2 saturated heterocycles. The molecule has 0 aromatic heterocycles. The molecule has 6 nitrogen and oxygen atoms in total. The molecule has 2 atom stereocenters. The van der Waals surface area contributed by atoms with Crippen molar-refractivity contribution in [1.29, 1.82) is 0 Å². The maximum atomic E-state index is 13.3. The number of aliphatic hydroxyl groups excluding tert-OH is 1. The van der Waals surface area contributed by atoms with E-state index in [-0.39, 0.29) is 17.8 Å². The number of ether oxygens (including phenoxy) is 2. The Morgan fingerprint density at radius 3 is 2.67 bits per heavy atom. The lowest BCUT2D eigenvalue weighted by molar-refractivity contribution is -0.128. The fourth-order valence-corrected chi connectivity index (χ4v) is 3.96. The van der Waals surface area contributed by atoms with E-state index in [1.807, 2.05) is 29.2 Å². The van der Waals surface area contributed by atoms with Crippen molar-refractivity contribution in [1.82, 2.24) is 9.80 Å². The van der Waals surface area contributed by atoms with Gasteiger partial charge in [-0.25, -0.2) is 4.39 Å². The van der Waals surface area contributed by atoms with Gasteiger partial charge in [-0.05, 0) is 36.2 Å². The second-order valence-electron chi connectivity index (χ2n) is 7.85. The van der Waals surface area contributed by atoms with Gasteiger partial charge in [-0.2, -0.15) is 0 Å². The number of aliphatic hydroxyl groups is 1. The molecule has 1 N–H and O–H groups in total. The summed E-state index contributed by atoms with van der Waals surface area (Å²) >= 11 is 0. The van der Waals surface area contributed by atoms with E-state index in [1.54, 1.807) is 12.1 Å². The zero-order chi connectivity index (χ0) is 20.9. The molecule has 2 fully saturated rings. The third-order valence-corrected chi connectivity index (χ3v) is 5.53. The maximum Gasteiger partial charge on any atom is 0.222 e. The van der Waals surface area contributed by atoms with E-state index in [2.05, 4.69) is 4.90 Å². The summed E-state index contributed by atoms with van der Waals surface area (Å²) in [5.74, 6) is 1.06. The summed E-state index contributed by atoms with van der Waals surface area (Å²) in [5.41, 5.74) is 1.11. The average Bonchev–Trinajstić information content (AvgIpc) is 3.28. The van der Waals surface area contributed by atoms with Gasteiger partial charge in [0.2, 0.25) is 5.91 Å². The molecule has 0 radical (unpaired) electrons. The molecule has 2 aliphatic heterocycles. The van der Waals surface area contributed by atoms with Crippen molar-refractivity contribution in [3.8, 4) is 11.5 Å². The van der Waals surface area contributed by atoms with E-state index in [4.69, 9.17) is 9.47 Å². The third kappa shape index (κ3) is 5.29. The highest BCUT2D eigenvalue weighted by atomic mass is 19.1. The Morgan fingerprint density at radius 1 is 1.10 bits per heavy atom. The minimum absolute atomic E-state index is 0.210. The van der Waals surface area contributed by atoms with Crippen molar-refractivity contribution >= 4 is 5.91 Å². The molecule has 0 spiro atoms. The van der Waals surface area contributed by atoms with Gasteiger partial charge >= 0.3 is 0 Å². The van der Waals surface area contributed by atoms with Crippen LogP contribution in [0, 0.1) is 5.82 Å². The minimum atomic E-state index is -0.621. The van der Waals surface area contributed by atoms with Gasteiger partial charge in [-0.15, -0.1) is 0 Å². The topological polar surface area (TPSA) is 62.2 Å². The van der Waals surface area contributed by atoms with E-state index < -0.39 is 6.10 Å².